The highest BCUT2D eigenvalue weighted by Crippen LogP contribution is 2.42. The summed E-state index contributed by atoms with van der Waals surface area (Å²) in [5.74, 6) is 0. The number of fused-ring (bicyclic) bond motifs is 3. The fourth-order valence-electron chi connectivity index (χ4n) is 5.78. The van der Waals surface area contributed by atoms with E-state index in [1.165, 1.54) is 0 Å². The second-order valence-electron chi connectivity index (χ2n) is 9.90. The average Bonchev–Trinajstić information content (AvgIpc) is 2.96. The van der Waals surface area contributed by atoms with Crippen LogP contribution < -0.4 is 43.7 Å². The first kappa shape index (κ1) is 25.9. The lowest BCUT2D eigenvalue weighted by atomic mass is 9.59. The van der Waals surface area contributed by atoms with Crippen LogP contribution in [0.5, 0.6) is 0 Å². The van der Waals surface area contributed by atoms with E-state index in [0.29, 0.717) is 54.5 Å². The zero-order chi connectivity index (χ0) is 27.7. The minimum atomic E-state index is 0.200. The molecule has 162 valence electrons. The summed E-state index contributed by atoms with van der Waals surface area (Å²) >= 11 is 0. The normalized spacial score (nSPS) is 11.5. The van der Waals surface area contributed by atoms with Crippen molar-refractivity contribution in [2.75, 3.05) is 0 Å². The summed E-state index contributed by atoms with van der Waals surface area (Å²) in [6.45, 7) is 2.07. The van der Waals surface area contributed by atoms with Crippen molar-refractivity contribution >= 4 is 139 Å². The molecule has 0 aliphatic carbocycles. The minimum Gasteiger partial charge on any atom is -0.110 e. The number of hydrogen-bond donors (Lipinski definition) is 0. The molecule has 0 aliphatic heterocycles. The van der Waals surface area contributed by atoms with E-state index < -0.39 is 0 Å². The Kier molecular flexibility index (Phi) is 6.22. The highest BCUT2D eigenvalue weighted by atomic mass is 14.2. The minimum absolute atomic E-state index is 0.200. The molecule has 0 aromatic heterocycles. The Hall–Kier alpha value is -3.38. The zero-order valence-corrected chi connectivity index (χ0v) is 21.5. The molecule has 6 rings (SSSR count). The summed E-state index contributed by atoms with van der Waals surface area (Å²) < 4.78 is 0. The van der Waals surface area contributed by atoms with E-state index in [1.807, 2.05) is 48.5 Å². The second-order valence-corrected chi connectivity index (χ2v) is 9.90. The van der Waals surface area contributed by atoms with Crippen molar-refractivity contribution in [2.24, 2.45) is 0 Å². The van der Waals surface area contributed by atoms with Crippen LogP contribution in [0.4, 0.5) is 0 Å². The van der Waals surface area contributed by atoms with Crippen LogP contribution >= 0.6 is 0 Å². The molecule has 0 nitrogen and oxygen atoms in total. The smallest absolute Gasteiger partial charge is 0.110 e. The van der Waals surface area contributed by atoms with Gasteiger partial charge in [0.15, 0.2) is 0 Å². The molecule has 0 spiro atoms. The Morgan fingerprint density at radius 3 is 1.28 bits per heavy atom. The van der Waals surface area contributed by atoms with Crippen LogP contribution in [-0.2, 0) is 0 Å². The topological polar surface area (TPSA) is 0 Å². The quantitative estimate of drug-likeness (QED) is 0.227. The van der Waals surface area contributed by atoms with Gasteiger partial charge in [0, 0.05) is 0 Å². The molecule has 0 heterocycles. The van der Waals surface area contributed by atoms with Gasteiger partial charge in [-0.2, -0.15) is 0 Å². The Balaban J connectivity index is 2.05. The van der Waals surface area contributed by atoms with Crippen molar-refractivity contribution in [3.63, 3.8) is 0 Å². The van der Waals surface area contributed by atoms with Gasteiger partial charge in [-0.3, -0.25) is 0 Å². The molecule has 0 saturated carbocycles. The summed E-state index contributed by atoms with van der Waals surface area (Å²) in [4.78, 5) is 0. The molecule has 8 heteroatoms. The molecular weight excluding hydrogens is 459 g/mol. The van der Waals surface area contributed by atoms with Gasteiger partial charge in [-0.15, -0.1) is 21.9 Å². The Morgan fingerprint density at radius 2 is 0.795 bits per heavy atom. The Morgan fingerprint density at radius 1 is 0.385 bits per heavy atom. The van der Waals surface area contributed by atoms with E-state index >= 15 is 0 Å². The first-order chi connectivity index (χ1) is 18.6. The average molecular weight is 473 g/mol. The predicted molar refractivity (Wildman–Crippen MR) is 178 cm³/mol. The molecule has 0 N–H and O–H groups in total. The molecule has 0 amide bonds. The molecule has 0 saturated heterocycles. The summed E-state index contributed by atoms with van der Waals surface area (Å²) in [7, 11) is 52.9. The monoisotopic (exact) mass is 474 g/mol. The van der Waals surface area contributed by atoms with Crippen LogP contribution in [0, 0.1) is 6.92 Å². The number of hydrogen-bond acceptors (Lipinski definition) is 0. The van der Waals surface area contributed by atoms with Crippen LogP contribution in [0.2, 0.25) is 0 Å². The van der Waals surface area contributed by atoms with Crippen molar-refractivity contribution in [1.82, 2.24) is 0 Å². The maximum atomic E-state index is 6.81. The third kappa shape index (κ3) is 3.64. The van der Waals surface area contributed by atoms with Gasteiger partial charge < -0.3 is 0 Å². The van der Waals surface area contributed by atoms with Gasteiger partial charge in [0.05, 0.1) is 0 Å². The standard InChI is InChI=1S/C31H14B8/c1-13-11-12-17(16-10-6-5-9-15(13)16)19-22-20(24(32)28(36)30(38)26(22)34)18(14-7-3-2-4-8-14)21-23(19)27(35)31(39)29(37)25(21)33/h2-12H,1H3. The Labute approximate surface area is 239 Å². The zero-order valence-electron chi connectivity index (χ0n) is 21.5. The summed E-state index contributed by atoms with van der Waals surface area (Å²) in [5.41, 5.74) is 6.22. The van der Waals surface area contributed by atoms with Gasteiger partial charge >= 0.3 is 0 Å². The number of benzene rings is 6. The number of rotatable bonds is 2. The van der Waals surface area contributed by atoms with Crippen LogP contribution in [0.15, 0.2) is 66.7 Å². The molecule has 0 atom stereocenters. The van der Waals surface area contributed by atoms with Gasteiger partial charge in [-0.1, -0.05) is 88.6 Å². The lowest BCUT2D eigenvalue weighted by Gasteiger charge is -2.29. The van der Waals surface area contributed by atoms with Crippen molar-refractivity contribution in [3.8, 4) is 22.3 Å². The van der Waals surface area contributed by atoms with Crippen LogP contribution in [0.1, 0.15) is 5.56 Å². The van der Waals surface area contributed by atoms with Crippen molar-refractivity contribution in [3.05, 3.63) is 72.3 Å². The number of aryl methyl sites for hydroxylation is 1. The summed E-state index contributed by atoms with van der Waals surface area (Å²) in [6, 6.07) is 21.9. The fourth-order valence-corrected chi connectivity index (χ4v) is 5.78. The molecule has 0 fully saturated rings. The maximum Gasteiger partial charge on any atom is 0.113 e. The van der Waals surface area contributed by atoms with Crippen molar-refractivity contribution in [2.45, 2.75) is 6.92 Å². The lowest BCUT2D eigenvalue weighted by molar-refractivity contribution is 1.53. The molecule has 39 heavy (non-hydrogen) atoms. The molecule has 0 unspecified atom stereocenters. The molecule has 0 aliphatic rings. The van der Waals surface area contributed by atoms with Gasteiger partial charge in [-0.25, -0.2) is 0 Å². The first-order valence-corrected chi connectivity index (χ1v) is 12.5. The van der Waals surface area contributed by atoms with Gasteiger partial charge in [0.25, 0.3) is 0 Å². The van der Waals surface area contributed by atoms with Crippen molar-refractivity contribution in [1.29, 1.82) is 0 Å². The molecule has 6 aromatic carbocycles. The largest absolute Gasteiger partial charge is 0.113 e. The maximum absolute atomic E-state index is 6.81. The van der Waals surface area contributed by atoms with E-state index in [9.17, 15) is 0 Å². The Bertz CT molecular complexity index is 1910. The lowest BCUT2D eigenvalue weighted by Crippen LogP contribution is -2.50. The van der Waals surface area contributed by atoms with Crippen LogP contribution in [0.3, 0.4) is 0 Å². The molecule has 0 bridgehead atoms. The fraction of sp³-hybridized carbons (Fsp3) is 0.0323. The SMILES string of the molecule is [B]c1c([B])c([B])c2c(-c3ccc(C)c4ccccc34)c3c([B])c([B])c([B])c([B])c3c(-c3ccccc3)c2c1[B]. The van der Waals surface area contributed by atoms with E-state index in [4.69, 9.17) is 62.8 Å². The first-order valence-electron chi connectivity index (χ1n) is 12.5. The van der Waals surface area contributed by atoms with Gasteiger partial charge in [0.1, 0.15) is 62.8 Å². The van der Waals surface area contributed by atoms with Crippen LogP contribution in [-0.4, -0.2) is 62.8 Å². The highest BCUT2D eigenvalue weighted by molar-refractivity contribution is 6.71. The van der Waals surface area contributed by atoms with Gasteiger partial charge in [-0.05, 0) is 67.1 Å². The van der Waals surface area contributed by atoms with Gasteiger partial charge in [0.2, 0.25) is 0 Å². The molecule has 6 aromatic rings. The van der Waals surface area contributed by atoms with E-state index in [2.05, 4.69) is 25.1 Å². The third-order valence-electron chi connectivity index (χ3n) is 7.79. The second kappa shape index (κ2) is 9.37. The summed E-state index contributed by atoms with van der Waals surface area (Å²) in [5, 5.41) is 4.55. The third-order valence-corrected chi connectivity index (χ3v) is 7.79. The summed E-state index contributed by atoms with van der Waals surface area (Å²) in [6.07, 6.45) is 0. The molecular formula is C31H14B8. The van der Waals surface area contributed by atoms with E-state index in [0.717, 1.165) is 27.5 Å². The highest BCUT2D eigenvalue weighted by Gasteiger charge is 2.25. The molecule has 16 radical (unpaired) electrons. The van der Waals surface area contributed by atoms with Crippen molar-refractivity contribution < 1.29 is 0 Å². The van der Waals surface area contributed by atoms with E-state index in [1.54, 1.807) is 0 Å². The van der Waals surface area contributed by atoms with E-state index in [-0.39, 0.29) is 21.9 Å². The predicted octanol–water partition coefficient (Wildman–Crippen LogP) is -0.861. The van der Waals surface area contributed by atoms with Crippen LogP contribution in [0.25, 0.3) is 54.6 Å².